The molecule has 0 radical (unpaired) electrons. The minimum absolute atomic E-state index is 0.0610. The number of carbonyl (C=O) groups is 1. The number of hydrogen-bond acceptors (Lipinski definition) is 5. The molecule has 0 aromatic heterocycles. The molecule has 1 aliphatic heterocycles. The van der Waals surface area contributed by atoms with Crippen molar-refractivity contribution in [1.82, 2.24) is 4.72 Å². The zero-order valence-electron chi connectivity index (χ0n) is 14.0. The van der Waals surface area contributed by atoms with Gasteiger partial charge in [-0.3, -0.25) is 9.52 Å². The van der Waals surface area contributed by atoms with Gasteiger partial charge in [0.2, 0.25) is 15.9 Å². The second kappa shape index (κ2) is 7.68. The highest BCUT2D eigenvalue weighted by Gasteiger charge is 2.25. The fourth-order valence-corrected chi connectivity index (χ4v) is 4.14. The van der Waals surface area contributed by atoms with Crippen LogP contribution in [0.3, 0.4) is 0 Å². The van der Waals surface area contributed by atoms with Crippen LogP contribution < -0.4 is 4.72 Å². The fraction of sp³-hybridized carbons (Fsp3) is 0.263. The lowest BCUT2D eigenvalue weighted by Gasteiger charge is -2.25. The van der Waals surface area contributed by atoms with E-state index in [-0.39, 0.29) is 12.2 Å². The van der Waals surface area contributed by atoms with Gasteiger partial charge in [-0.15, -0.1) is 0 Å². The number of nitrogens with zero attached hydrogens (tertiary/aromatic N) is 1. The van der Waals surface area contributed by atoms with Crippen LogP contribution in [-0.4, -0.2) is 20.9 Å². The van der Waals surface area contributed by atoms with E-state index in [1.165, 1.54) is 6.07 Å². The minimum Gasteiger partial charge on any atom is -0.373 e. The van der Waals surface area contributed by atoms with Gasteiger partial charge in [-0.2, -0.15) is 5.26 Å². The van der Waals surface area contributed by atoms with Gasteiger partial charge in [-0.05, 0) is 35.2 Å². The summed E-state index contributed by atoms with van der Waals surface area (Å²) in [5, 5.41) is 8.89. The number of nitriles is 1. The van der Waals surface area contributed by atoms with Crippen molar-refractivity contribution in [3.8, 4) is 6.07 Å². The highest BCUT2D eigenvalue weighted by molar-refractivity contribution is 7.89. The first-order chi connectivity index (χ1) is 12.5. The molecule has 6 nitrogen and oxygen atoms in total. The number of benzene rings is 2. The molecule has 1 unspecified atom stereocenters. The average Bonchev–Trinajstić information content (AvgIpc) is 2.61. The standard InChI is InChI=1S/C19H18N2O4S/c20-12-14-4-3-5-15(10-14)13-26(23,24)21-19(22)11-18-17-7-2-1-6-16(17)8-9-25-18/h1-7,10,18H,8-9,11,13H2,(H,21,22). The molecular weight excluding hydrogens is 352 g/mol. The van der Waals surface area contributed by atoms with E-state index in [1.54, 1.807) is 18.2 Å². The van der Waals surface area contributed by atoms with Crippen molar-refractivity contribution < 1.29 is 17.9 Å². The quantitative estimate of drug-likeness (QED) is 0.870. The zero-order valence-corrected chi connectivity index (χ0v) is 14.8. The van der Waals surface area contributed by atoms with Gasteiger partial charge in [0.05, 0.1) is 36.5 Å². The number of nitrogens with one attached hydrogen (secondary N) is 1. The van der Waals surface area contributed by atoms with E-state index in [0.29, 0.717) is 17.7 Å². The molecule has 0 saturated heterocycles. The van der Waals surface area contributed by atoms with Gasteiger partial charge in [-0.25, -0.2) is 8.42 Å². The summed E-state index contributed by atoms with van der Waals surface area (Å²) in [6.45, 7) is 0.503. The maximum Gasteiger partial charge on any atom is 0.239 e. The molecule has 0 aliphatic carbocycles. The molecule has 2 aromatic rings. The maximum absolute atomic E-state index is 12.2. The SMILES string of the molecule is N#Cc1cccc(CS(=O)(=O)NC(=O)CC2OCCc3ccccc32)c1. The van der Waals surface area contributed by atoms with E-state index in [0.717, 1.165) is 17.5 Å². The van der Waals surface area contributed by atoms with Crippen LogP contribution in [0.15, 0.2) is 48.5 Å². The Hall–Kier alpha value is -2.69. The first kappa shape index (κ1) is 18.1. The fourth-order valence-electron chi connectivity index (χ4n) is 3.02. The largest absolute Gasteiger partial charge is 0.373 e. The lowest BCUT2D eigenvalue weighted by atomic mass is 9.96. The number of carbonyl (C=O) groups excluding carboxylic acids is 1. The van der Waals surface area contributed by atoms with Crippen LogP contribution in [0.5, 0.6) is 0 Å². The molecule has 2 aromatic carbocycles. The van der Waals surface area contributed by atoms with Crippen molar-refractivity contribution in [2.45, 2.75) is 24.7 Å². The van der Waals surface area contributed by atoms with Gasteiger partial charge in [-0.1, -0.05) is 36.4 Å². The Morgan fingerprint density at radius 1 is 1.23 bits per heavy atom. The second-order valence-electron chi connectivity index (χ2n) is 6.11. The number of hydrogen-bond donors (Lipinski definition) is 1. The Morgan fingerprint density at radius 2 is 2.04 bits per heavy atom. The summed E-state index contributed by atoms with van der Waals surface area (Å²) in [6, 6.07) is 15.9. The number of rotatable bonds is 5. The summed E-state index contributed by atoms with van der Waals surface area (Å²) in [5.41, 5.74) is 2.86. The Morgan fingerprint density at radius 3 is 2.85 bits per heavy atom. The van der Waals surface area contributed by atoms with Crippen molar-refractivity contribution in [1.29, 1.82) is 5.26 Å². The van der Waals surface area contributed by atoms with Gasteiger partial charge < -0.3 is 4.74 Å². The Balaban J connectivity index is 1.65. The monoisotopic (exact) mass is 370 g/mol. The summed E-state index contributed by atoms with van der Waals surface area (Å²) in [5.74, 6) is -0.973. The summed E-state index contributed by atoms with van der Waals surface area (Å²) in [6.07, 6.45) is 0.271. The summed E-state index contributed by atoms with van der Waals surface area (Å²) in [4.78, 5) is 12.2. The van der Waals surface area contributed by atoms with E-state index in [9.17, 15) is 13.2 Å². The third-order valence-corrected chi connectivity index (χ3v) is 5.40. The molecule has 1 heterocycles. The first-order valence-corrected chi connectivity index (χ1v) is 9.84. The lowest BCUT2D eigenvalue weighted by molar-refractivity contribution is -0.122. The van der Waals surface area contributed by atoms with E-state index in [1.807, 2.05) is 30.3 Å². The molecule has 3 rings (SSSR count). The topological polar surface area (TPSA) is 96.3 Å². The van der Waals surface area contributed by atoms with Crippen LogP contribution in [0.2, 0.25) is 0 Å². The van der Waals surface area contributed by atoms with Crippen molar-refractivity contribution in [3.63, 3.8) is 0 Å². The van der Waals surface area contributed by atoms with Gasteiger partial charge in [0, 0.05) is 0 Å². The normalized spacial score (nSPS) is 16.3. The molecule has 1 N–H and O–H groups in total. The average molecular weight is 370 g/mol. The van der Waals surface area contributed by atoms with E-state index in [2.05, 4.69) is 4.72 Å². The van der Waals surface area contributed by atoms with E-state index >= 15 is 0 Å². The minimum atomic E-state index is -3.85. The lowest BCUT2D eigenvalue weighted by Crippen LogP contribution is -2.33. The zero-order chi connectivity index (χ0) is 18.6. The van der Waals surface area contributed by atoms with E-state index < -0.39 is 22.0 Å². The molecule has 0 saturated carbocycles. The third-order valence-electron chi connectivity index (χ3n) is 4.15. The van der Waals surface area contributed by atoms with Crippen LogP contribution in [0, 0.1) is 11.3 Å². The van der Waals surface area contributed by atoms with Gasteiger partial charge in [0.1, 0.15) is 0 Å². The maximum atomic E-state index is 12.2. The second-order valence-corrected chi connectivity index (χ2v) is 7.83. The van der Waals surface area contributed by atoms with Crippen molar-refractivity contribution in [3.05, 3.63) is 70.8 Å². The van der Waals surface area contributed by atoms with Crippen LogP contribution in [0.25, 0.3) is 0 Å². The number of sulfonamides is 1. The molecular formula is C19H18N2O4S. The molecule has 1 aliphatic rings. The van der Waals surface area contributed by atoms with Crippen molar-refractivity contribution in [2.24, 2.45) is 0 Å². The van der Waals surface area contributed by atoms with Crippen molar-refractivity contribution in [2.75, 3.05) is 6.61 Å². The highest BCUT2D eigenvalue weighted by Crippen LogP contribution is 2.29. The predicted molar refractivity (Wildman–Crippen MR) is 95.4 cm³/mol. The predicted octanol–water partition coefficient (Wildman–Crippen LogP) is 2.21. The first-order valence-electron chi connectivity index (χ1n) is 8.18. The van der Waals surface area contributed by atoms with Crippen molar-refractivity contribution >= 4 is 15.9 Å². The molecule has 7 heteroatoms. The Kier molecular flexibility index (Phi) is 5.35. The summed E-state index contributed by atoms with van der Waals surface area (Å²) >= 11 is 0. The number of amides is 1. The van der Waals surface area contributed by atoms with Crippen LogP contribution in [0.4, 0.5) is 0 Å². The summed E-state index contributed by atoms with van der Waals surface area (Å²) < 4.78 is 32.2. The highest BCUT2D eigenvalue weighted by atomic mass is 32.2. The molecule has 0 bridgehead atoms. The molecule has 0 fully saturated rings. The molecule has 1 amide bonds. The van der Waals surface area contributed by atoms with Gasteiger partial charge >= 0.3 is 0 Å². The van der Waals surface area contributed by atoms with Gasteiger partial charge in [0.15, 0.2) is 0 Å². The van der Waals surface area contributed by atoms with Gasteiger partial charge in [0.25, 0.3) is 0 Å². The van der Waals surface area contributed by atoms with Crippen LogP contribution in [0.1, 0.15) is 34.8 Å². The third kappa shape index (κ3) is 4.48. The Labute approximate surface area is 152 Å². The molecule has 0 spiro atoms. The van der Waals surface area contributed by atoms with E-state index in [4.69, 9.17) is 10.00 Å². The number of ether oxygens (including phenoxy) is 1. The smallest absolute Gasteiger partial charge is 0.239 e. The molecule has 1 atom stereocenters. The summed E-state index contributed by atoms with van der Waals surface area (Å²) in [7, 11) is -3.85. The van der Waals surface area contributed by atoms with Crippen LogP contribution >= 0.6 is 0 Å². The molecule has 134 valence electrons. The Bertz CT molecular complexity index is 963. The number of fused-ring (bicyclic) bond motifs is 1. The van der Waals surface area contributed by atoms with Crippen LogP contribution in [-0.2, 0) is 31.7 Å². The molecule has 26 heavy (non-hydrogen) atoms.